The zero-order valence-electron chi connectivity index (χ0n) is 15.3. The van der Waals surface area contributed by atoms with Crippen molar-refractivity contribution in [2.75, 3.05) is 0 Å². The van der Waals surface area contributed by atoms with Gasteiger partial charge in [-0.1, -0.05) is 51.2 Å². The molecule has 2 heterocycles. The van der Waals surface area contributed by atoms with E-state index in [9.17, 15) is 0 Å². The second-order valence-electron chi connectivity index (χ2n) is 7.57. The molecule has 0 unspecified atom stereocenters. The minimum Gasteiger partial charge on any atom is -0.192 e. The van der Waals surface area contributed by atoms with Gasteiger partial charge in [-0.25, -0.2) is 0 Å². The van der Waals surface area contributed by atoms with E-state index in [0.29, 0.717) is 0 Å². The Balaban J connectivity index is 1.39. The van der Waals surface area contributed by atoms with E-state index >= 15 is 0 Å². The van der Waals surface area contributed by atoms with Crippen LogP contribution in [-0.4, -0.2) is 0 Å². The summed E-state index contributed by atoms with van der Waals surface area (Å²) >= 11 is 3.85. The predicted molar refractivity (Wildman–Crippen MR) is 114 cm³/mol. The molecule has 3 heteroatoms. The van der Waals surface area contributed by atoms with Crippen molar-refractivity contribution in [1.82, 2.24) is 0 Å². The van der Waals surface area contributed by atoms with Crippen LogP contribution in [0.25, 0.3) is 19.8 Å². The molecule has 0 saturated heterocycles. The molecule has 1 saturated carbocycles. The number of benzene rings is 1. The molecule has 0 spiro atoms. The average Bonchev–Trinajstić information content (AvgIpc) is 3.25. The van der Waals surface area contributed by atoms with Crippen molar-refractivity contribution >= 4 is 32.1 Å². The van der Waals surface area contributed by atoms with Gasteiger partial charge in [-0.2, -0.15) is 5.26 Å². The van der Waals surface area contributed by atoms with Gasteiger partial charge in [0.05, 0.1) is 11.6 Å². The molecule has 0 bridgehead atoms. The molecule has 1 aliphatic rings. The lowest BCUT2D eigenvalue weighted by Crippen LogP contribution is -2.14. The highest BCUT2D eigenvalue weighted by Gasteiger charge is 2.20. The number of fused-ring (bicyclic) bond motifs is 1. The molecule has 0 radical (unpaired) electrons. The van der Waals surface area contributed by atoms with Crippen LogP contribution in [0.3, 0.4) is 0 Å². The summed E-state index contributed by atoms with van der Waals surface area (Å²) in [5.41, 5.74) is 1.94. The second-order valence-corrected chi connectivity index (χ2v) is 9.83. The number of nitriles is 1. The summed E-state index contributed by atoms with van der Waals surface area (Å²) in [4.78, 5) is 2.86. The van der Waals surface area contributed by atoms with Crippen LogP contribution in [-0.2, 0) is 6.42 Å². The standard InChI is InChI=1S/C23H25NS2/c1-2-16-3-5-17(6-4-16)9-12-20-13-22-23(25-20)14-21(26-22)19-10-7-18(15-24)8-11-19/h7-8,10-11,13-14,16-17H,2-6,9,12H2,1H3/t16-,17-. The molecule has 2 aromatic heterocycles. The largest absolute Gasteiger partial charge is 0.192 e. The van der Waals surface area contributed by atoms with Crippen LogP contribution >= 0.6 is 22.7 Å². The SMILES string of the molecule is CC[C@H]1CC[C@H](CCc2cc3sc(-c4ccc(C#N)cc4)cc3s2)CC1. The number of rotatable bonds is 5. The molecular weight excluding hydrogens is 354 g/mol. The third-order valence-electron chi connectivity index (χ3n) is 5.90. The molecule has 1 fully saturated rings. The van der Waals surface area contributed by atoms with Crippen LogP contribution in [0.15, 0.2) is 36.4 Å². The summed E-state index contributed by atoms with van der Waals surface area (Å²) in [5.74, 6) is 1.95. The maximum absolute atomic E-state index is 8.94. The third-order valence-corrected chi connectivity index (χ3v) is 8.30. The van der Waals surface area contributed by atoms with Gasteiger partial charge in [-0.15, -0.1) is 22.7 Å². The minimum absolute atomic E-state index is 0.724. The van der Waals surface area contributed by atoms with Gasteiger partial charge in [0.25, 0.3) is 0 Å². The molecule has 1 aliphatic carbocycles. The molecule has 4 rings (SSSR count). The summed E-state index contributed by atoms with van der Waals surface area (Å²) in [5, 5.41) is 8.94. The summed E-state index contributed by atoms with van der Waals surface area (Å²) in [6.45, 7) is 2.34. The van der Waals surface area contributed by atoms with Crippen molar-refractivity contribution in [3.05, 3.63) is 46.8 Å². The molecule has 26 heavy (non-hydrogen) atoms. The first-order valence-electron chi connectivity index (χ1n) is 9.78. The average molecular weight is 380 g/mol. The van der Waals surface area contributed by atoms with E-state index in [2.05, 4.69) is 37.3 Å². The molecular formula is C23H25NS2. The van der Waals surface area contributed by atoms with Gasteiger partial charge in [0, 0.05) is 19.2 Å². The Morgan fingerprint density at radius 2 is 1.65 bits per heavy atom. The van der Waals surface area contributed by atoms with E-state index in [1.807, 2.05) is 34.8 Å². The molecule has 0 aliphatic heterocycles. The topological polar surface area (TPSA) is 23.8 Å². The van der Waals surface area contributed by atoms with E-state index in [1.165, 1.54) is 64.8 Å². The lowest BCUT2D eigenvalue weighted by molar-refractivity contribution is 0.259. The predicted octanol–water partition coefficient (Wildman–Crippen LogP) is 7.65. The Morgan fingerprint density at radius 1 is 0.962 bits per heavy atom. The summed E-state index contributed by atoms with van der Waals surface area (Å²) in [6, 6.07) is 14.8. The Hall–Kier alpha value is -1.63. The van der Waals surface area contributed by atoms with Crippen LogP contribution in [0, 0.1) is 23.2 Å². The summed E-state index contributed by atoms with van der Waals surface area (Å²) in [6.07, 6.45) is 9.79. The molecule has 0 N–H and O–H groups in total. The minimum atomic E-state index is 0.724. The normalized spacial score (nSPS) is 20.3. The third kappa shape index (κ3) is 3.87. The molecule has 1 nitrogen and oxygen atoms in total. The van der Waals surface area contributed by atoms with Gasteiger partial charge in [0.2, 0.25) is 0 Å². The highest BCUT2D eigenvalue weighted by molar-refractivity contribution is 7.29. The van der Waals surface area contributed by atoms with Gasteiger partial charge in [-0.3, -0.25) is 0 Å². The van der Waals surface area contributed by atoms with Crippen molar-refractivity contribution in [2.45, 2.75) is 51.9 Å². The zero-order valence-corrected chi connectivity index (χ0v) is 17.0. The zero-order chi connectivity index (χ0) is 17.9. The van der Waals surface area contributed by atoms with E-state index in [0.717, 1.165) is 17.4 Å². The quantitative estimate of drug-likeness (QED) is 0.446. The van der Waals surface area contributed by atoms with Crippen molar-refractivity contribution in [2.24, 2.45) is 11.8 Å². The number of thiophene rings is 2. The van der Waals surface area contributed by atoms with Crippen LogP contribution in [0.4, 0.5) is 0 Å². The molecule has 134 valence electrons. The first-order valence-corrected chi connectivity index (χ1v) is 11.4. The number of aryl methyl sites for hydroxylation is 1. The van der Waals surface area contributed by atoms with Gasteiger partial charge >= 0.3 is 0 Å². The van der Waals surface area contributed by atoms with Crippen molar-refractivity contribution in [3.63, 3.8) is 0 Å². The van der Waals surface area contributed by atoms with Gasteiger partial charge in [0.1, 0.15) is 0 Å². The van der Waals surface area contributed by atoms with Crippen LogP contribution in [0.2, 0.25) is 0 Å². The number of nitrogens with zero attached hydrogens (tertiary/aromatic N) is 1. The Kier molecular flexibility index (Phi) is 5.43. The van der Waals surface area contributed by atoms with E-state index < -0.39 is 0 Å². The fraction of sp³-hybridized carbons (Fsp3) is 0.435. The van der Waals surface area contributed by atoms with Gasteiger partial charge in [0.15, 0.2) is 0 Å². The van der Waals surface area contributed by atoms with E-state index in [-0.39, 0.29) is 0 Å². The fourth-order valence-electron chi connectivity index (χ4n) is 4.13. The maximum Gasteiger partial charge on any atom is 0.0991 e. The molecule has 0 amide bonds. The molecule has 1 aromatic carbocycles. The number of hydrogen-bond donors (Lipinski definition) is 0. The molecule has 0 atom stereocenters. The van der Waals surface area contributed by atoms with Gasteiger partial charge < -0.3 is 0 Å². The highest BCUT2D eigenvalue weighted by Crippen LogP contribution is 2.39. The highest BCUT2D eigenvalue weighted by atomic mass is 32.1. The van der Waals surface area contributed by atoms with Crippen LogP contribution < -0.4 is 0 Å². The van der Waals surface area contributed by atoms with Crippen molar-refractivity contribution in [1.29, 1.82) is 5.26 Å². The summed E-state index contributed by atoms with van der Waals surface area (Å²) in [7, 11) is 0. The van der Waals surface area contributed by atoms with Gasteiger partial charge in [-0.05, 0) is 54.5 Å². The first-order chi connectivity index (χ1) is 12.7. The first kappa shape index (κ1) is 17.8. The fourth-order valence-corrected chi connectivity index (χ4v) is 6.58. The van der Waals surface area contributed by atoms with Crippen molar-refractivity contribution < 1.29 is 0 Å². The Labute approximate surface area is 164 Å². The summed E-state index contributed by atoms with van der Waals surface area (Å²) < 4.78 is 2.83. The monoisotopic (exact) mass is 379 g/mol. The molecule has 3 aromatic rings. The second kappa shape index (κ2) is 7.94. The number of hydrogen-bond acceptors (Lipinski definition) is 3. The lowest BCUT2D eigenvalue weighted by atomic mass is 9.79. The van der Waals surface area contributed by atoms with E-state index in [4.69, 9.17) is 5.26 Å². The van der Waals surface area contributed by atoms with E-state index in [1.54, 1.807) is 4.88 Å². The Morgan fingerprint density at radius 3 is 2.31 bits per heavy atom. The maximum atomic E-state index is 8.94. The van der Waals surface area contributed by atoms with Crippen LogP contribution in [0.1, 0.15) is 55.9 Å². The Bertz CT molecular complexity index is 870. The smallest absolute Gasteiger partial charge is 0.0991 e. The lowest BCUT2D eigenvalue weighted by Gasteiger charge is -2.27. The van der Waals surface area contributed by atoms with Crippen LogP contribution in [0.5, 0.6) is 0 Å². The van der Waals surface area contributed by atoms with Crippen molar-refractivity contribution in [3.8, 4) is 16.5 Å².